The monoisotopic (exact) mass is 396 g/mol. The van der Waals surface area contributed by atoms with Crippen LogP contribution in [0.1, 0.15) is 70.2 Å². The van der Waals surface area contributed by atoms with Gasteiger partial charge in [0.15, 0.2) is 0 Å². The van der Waals surface area contributed by atoms with Crippen molar-refractivity contribution in [2.75, 3.05) is 0 Å². The summed E-state index contributed by atoms with van der Waals surface area (Å²) in [5.41, 5.74) is 5.62. The molecule has 2 rings (SSSR count). The maximum atomic E-state index is 12.2. The zero-order valence-corrected chi connectivity index (χ0v) is 18.2. The van der Waals surface area contributed by atoms with E-state index in [1.54, 1.807) is 24.3 Å². The van der Waals surface area contributed by atoms with Crippen molar-refractivity contribution in [3.8, 4) is 11.5 Å². The van der Waals surface area contributed by atoms with E-state index in [9.17, 15) is 15.0 Å². The highest BCUT2D eigenvalue weighted by Gasteiger charge is 2.26. The van der Waals surface area contributed by atoms with Gasteiger partial charge in [-0.1, -0.05) is 65.8 Å². The van der Waals surface area contributed by atoms with Crippen LogP contribution in [0.15, 0.2) is 41.5 Å². The predicted molar refractivity (Wildman–Crippen MR) is 118 cm³/mol. The number of hydrogen-bond donors (Lipinski definition) is 3. The summed E-state index contributed by atoms with van der Waals surface area (Å²) in [5, 5.41) is 24.2. The second kappa shape index (κ2) is 8.68. The van der Waals surface area contributed by atoms with Crippen LogP contribution in [0.2, 0.25) is 0 Å². The molecule has 0 saturated carbocycles. The lowest BCUT2D eigenvalue weighted by molar-refractivity contribution is -0.121. The number of aromatic hydroxyl groups is 2. The quantitative estimate of drug-likeness (QED) is 0.503. The molecule has 0 heterocycles. The summed E-state index contributed by atoms with van der Waals surface area (Å²) in [6.07, 6.45) is 2.34. The standard InChI is InChI=1S/C24H32N2O3/c1-23(2,3)19-13-16(14-20(22(19)29)24(4,5)6)10-11-21(28)26-25-15-17-8-7-9-18(27)12-17/h7-9,12-15,27,29H,10-11H2,1-6H3,(H,26,28)/b25-15-. The van der Waals surface area contributed by atoms with Crippen molar-refractivity contribution in [1.82, 2.24) is 5.43 Å². The van der Waals surface area contributed by atoms with E-state index >= 15 is 0 Å². The zero-order valence-electron chi connectivity index (χ0n) is 18.2. The van der Waals surface area contributed by atoms with Gasteiger partial charge in [-0.2, -0.15) is 5.10 Å². The molecule has 2 aromatic carbocycles. The van der Waals surface area contributed by atoms with Crippen LogP contribution in [0, 0.1) is 0 Å². The highest BCUT2D eigenvalue weighted by atomic mass is 16.3. The van der Waals surface area contributed by atoms with Crippen LogP contribution in [0.5, 0.6) is 11.5 Å². The Bertz CT molecular complexity index is 868. The Labute approximate surface area is 173 Å². The number of phenolic OH excluding ortho intramolecular Hbond substituents is 2. The highest BCUT2D eigenvalue weighted by Crippen LogP contribution is 2.39. The van der Waals surface area contributed by atoms with Crippen molar-refractivity contribution in [2.24, 2.45) is 5.10 Å². The van der Waals surface area contributed by atoms with E-state index in [4.69, 9.17) is 0 Å². The minimum atomic E-state index is -0.201. The molecule has 2 aromatic rings. The molecule has 0 unspecified atom stereocenters. The predicted octanol–water partition coefficient (Wildman–Crippen LogP) is 4.78. The fourth-order valence-corrected chi connectivity index (χ4v) is 3.08. The SMILES string of the molecule is CC(C)(C)c1cc(CCC(=O)N/N=C\c2cccc(O)c2)cc(C(C)(C)C)c1O. The molecule has 0 aliphatic carbocycles. The lowest BCUT2D eigenvalue weighted by atomic mass is 9.78. The van der Waals surface area contributed by atoms with E-state index < -0.39 is 0 Å². The lowest BCUT2D eigenvalue weighted by Crippen LogP contribution is -2.20. The summed E-state index contributed by atoms with van der Waals surface area (Å²) in [6, 6.07) is 10.6. The summed E-state index contributed by atoms with van der Waals surface area (Å²) in [4.78, 5) is 12.2. The number of nitrogens with one attached hydrogen (secondary N) is 1. The van der Waals surface area contributed by atoms with E-state index in [0.717, 1.165) is 16.7 Å². The minimum absolute atomic E-state index is 0.150. The Morgan fingerprint density at radius 3 is 2.10 bits per heavy atom. The Morgan fingerprint density at radius 2 is 1.59 bits per heavy atom. The second-order valence-electron chi connectivity index (χ2n) is 9.43. The van der Waals surface area contributed by atoms with Gasteiger partial charge in [0, 0.05) is 6.42 Å². The van der Waals surface area contributed by atoms with Gasteiger partial charge >= 0.3 is 0 Å². The number of amides is 1. The first-order valence-electron chi connectivity index (χ1n) is 9.85. The molecule has 5 nitrogen and oxygen atoms in total. The zero-order chi connectivity index (χ0) is 21.8. The topological polar surface area (TPSA) is 81.9 Å². The van der Waals surface area contributed by atoms with Gasteiger partial charge in [-0.15, -0.1) is 0 Å². The molecule has 1 amide bonds. The maximum Gasteiger partial charge on any atom is 0.240 e. The van der Waals surface area contributed by atoms with E-state index in [1.165, 1.54) is 6.21 Å². The molecular formula is C24H32N2O3. The molecule has 0 saturated heterocycles. The number of hydrogen-bond acceptors (Lipinski definition) is 4. The Balaban J connectivity index is 2.10. The van der Waals surface area contributed by atoms with Crippen LogP contribution in [-0.4, -0.2) is 22.3 Å². The summed E-state index contributed by atoms with van der Waals surface area (Å²) in [5.74, 6) is 0.301. The number of benzene rings is 2. The van der Waals surface area contributed by atoms with Crippen molar-refractivity contribution in [3.63, 3.8) is 0 Å². The van der Waals surface area contributed by atoms with Crippen LogP contribution in [0.4, 0.5) is 0 Å². The van der Waals surface area contributed by atoms with E-state index in [-0.39, 0.29) is 28.9 Å². The van der Waals surface area contributed by atoms with Crippen molar-refractivity contribution in [3.05, 3.63) is 58.7 Å². The van der Waals surface area contributed by atoms with Gasteiger partial charge < -0.3 is 10.2 Å². The number of carbonyl (C=O) groups excluding carboxylic acids is 1. The van der Waals surface area contributed by atoms with E-state index in [1.807, 2.05) is 12.1 Å². The molecule has 0 atom stereocenters. The van der Waals surface area contributed by atoms with Crippen molar-refractivity contribution in [1.29, 1.82) is 0 Å². The fraction of sp³-hybridized carbons (Fsp3) is 0.417. The lowest BCUT2D eigenvalue weighted by Gasteiger charge is -2.28. The van der Waals surface area contributed by atoms with E-state index in [0.29, 0.717) is 17.7 Å². The second-order valence-corrected chi connectivity index (χ2v) is 9.43. The van der Waals surface area contributed by atoms with E-state index in [2.05, 4.69) is 52.1 Å². The minimum Gasteiger partial charge on any atom is -0.508 e. The first-order chi connectivity index (χ1) is 13.4. The van der Waals surface area contributed by atoms with Crippen LogP contribution < -0.4 is 5.43 Å². The molecule has 3 N–H and O–H groups in total. The van der Waals surface area contributed by atoms with Crippen LogP contribution in [0.3, 0.4) is 0 Å². The summed E-state index contributed by atoms with van der Waals surface area (Å²) in [7, 11) is 0. The Kier molecular flexibility index (Phi) is 6.73. The number of aryl methyl sites for hydroxylation is 1. The number of rotatable bonds is 5. The van der Waals surface area contributed by atoms with Gasteiger partial charge in [0.25, 0.3) is 0 Å². The molecule has 0 bridgehead atoms. The van der Waals surface area contributed by atoms with Gasteiger partial charge in [0.05, 0.1) is 6.21 Å². The molecule has 156 valence electrons. The average Bonchev–Trinajstić information content (AvgIpc) is 2.59. The third kappa shape index (κ3) is 6.34. The first-order valence-corrected chi connectivity index (χ1v) is 9.85. The van der Waals surface area contributed by atoms with Crippen molar-refractivity contribution in [2.45, 2.75) is 65.2 Å². The van der Waals surface area contributed by atoms with Gasteiger partial charge in [0.2, 0.25) is 5.91 Å². The normalized spacial score (nSPS) is 12.3. The first kappa shape index (κ1) is 22.5. The molecular weight excluding hydrogens is 364 g/mol. The van der Waals surface area contributed by atoms with Gasteiger partial charge in [-0.05, 0) is 51.6 Å². The molecule has 0 radical (unpaired) electrons. The number of nitrogens with zero attached hydrogens (tertiary/aromatic N) is 1. The number of carbonyl (C=O) groups is 1. The third-order valence-electron chi connectivity index (χ3n) is 4.70. The smallest absolute Gasteiger partial charge is 0.240 e. The molecule has 0 aromatic heterocycles. The van der Waals surface area contributed by atoms with Gasteiger partial charge in [0.1, 0.15) is 11.5 Å². The van der Waals surface area contributed by atoms with Crippen LogP contribution in [-0.2, 0) is 22.0 Å². The van der Waals surface area contributed by atoms with Crippen molar-refractivity contribution >= 4 is 12.1 Å². The highest BCUT2D eigenvalue weighted by molar-refractivity contribution is 5.82. The third-order valence-corrected chi connectivity index (χ3v) is 4.70. The fourth-order valence-electron chi connectivity index (χ4n) is 3.08. The van der Waals surface area contributed by atoms with Crippen molar-refractivity contribution < 1.29 is 15.0 Å². The number of phenols is 2. The van der Waals surface area contributed by atoms with Crippen LogP contribution >= 0.6 is 0 Å². The summed E-state index contributed by atoms with van der Waals surface area (Å²) >= 11 is 0. The molecule has 29 heavy (non-hydrogen) atoms. The Hall–Kier alpha value is -2.82. The number of hydrazone groups is 1. The largest absolute Gasteiger partial charge is 0.508 e. The summed E-state index contributed by atoms with van der Waals surface area (Å²) in [6.45, 7) is 12.4. The average molecular weight is 397 g/mol. The molecule has 0 fully saturated rings. The van der Waals surface area contributed by atoms with Gasteiger partial charge in [-0.25, -0.2) is 5.43 Å². The van der Waals surface area contributed by atoms with Gasteiger partial charge in [-0.3, -0.25) is 4.79 Å². The Morgan fingerprint density at radius 1 is 1.00 bits per heavy atom. The molecule has 5 heteroatoms. The molecule has 0 aliphatic heterocycles. The maximum absolute atomic E-state index is 12.2. The molecule has 0 aliphatic rings. The molecule has 0 spiro atoms. The summed E-state index contributed by atoms with van der Waals surface area (Å²) < 4.78 is 0. The van der Waals surface area contributed by atoms with Crippen LogP contribution in [0.25, 0.3) is 0 Å².